The van der Waals surface area contributed by atoms with E-state index >= 15 is 0 Å². The van der Waals surface area contributed by atoms with Crippen LogP contribution in [0.4, 0.5) is 0 Å². The Morgan fingerprint density at radius 2 is 2.75 bits per heavy atom. The first-order chi connectivity index (χ1) is 3.93. The lowest BCUT2D eigenvalue weighted by molar-refractivity contribution is -0.107. The number of rotatable bonds is 2. The molecule has 0 atom stereocenters. The van der Waals surface area contributed by atoms with E-state index in [1.54, 1.807) is 0 Å². The van der Waals surface area contributed by atoms with E-state index in [1.807, 2.05) is 0 Å². The van der Waals surface area contributed by atoms with Crippen molar-refractivity contribution in [1.29, 1.82) is 0 Å². The molecule has 1 rings (SSSR count). The highest BCUT2D eigenvalue weighted by molar-refractivity contribution is 5.53. The van der Waals surface area contributed by atoms with Crippen molar-refractivity contribution in [2.75, 3.05) is 0 Å². The SMILES string of the molecule is O=CCc1cnoc1. The topological polar surface area (TPSA) is 43.1 Å². The van der Waals surface area contributed by atoms with E-state index in [1.165, 1.54) is 12.5 Å². The molecule has 0 N–H and O–H groups in total. The summed E-state index contributed by atoms with van der Waals surface area (Å²) in [5.74, 6) is 0. The maximum absolute atomic E-state index is 9.80. The van der Waals surface area contributed by atoms with E-state index in [-0.39, 0.29) is 0 Å². The van der Waals surface area contributed by atoms with Gasteiger partial charge in [-0.15, -0.1) is 0 Å². The molecule has 0 amide bonds. The first-order valence-corrected chi connectivity index (χ1v) is 2.25. The molecule has 1 aromatic heterocycles. The molecule has 0 saturated heterocycles. The monoisotopic (exact) mass is 111 g/mol. The minimum absolute atomic E-state index is 0.392. The number of hydrogen-bond acceptors (Lipinski definition) is 3. The molecule has 0 radical (unpaired) electrons. The fourth-order valence-corrected chi connectivity index (χ4v) is 0.424. The summed E-state index contributed by atoms with van der Waals surface area (Å²) in [7, 11) is 0. The smallest absolute Gasteiger partial charge is 0.127 e. The summed E-state index contributed by atoms with van der Waals surface area (Å²) in [5.41, 5.74) is 0.819. The predicted octanol–water partition coefficient (Wildman–Crippen LogP) is 0.416. The second-order valence-electron chi connectivity index (χ2n) is 1.40. The molecule has 0 spiro atoms. The Balaban J connectivity index is 2.62. The zero-order valence-electron chi connectivity index (χ0n) is 4.20. The van der Waals surface area contributed by atoms with Gasteiger partial charge in [0.2, 0.25) is 0 Å². The fraction of sp³-hybridized carbons (Fsp3) is 0.200. The standard InChI is InChI=1S/C5H5NO2/c7-2-1-5-3-6-8-4-5/h2-4H,1H2. The summed E-state index contributed by atoms with van der Waals surface area (Å²) < 4.78 is 4.46. The molecule has 0 fully saturated rings. The number of hydrogen-bond donors (Lipinski definition) is 0. The second kappa shape index (κ2) is 2.26. The van der Waals surface area contributed by atoms with E-state index in [2.05, 4.69) is 9.68 Å². The first-order valence-electron chi connectivity index (χ1n) is 2.25. The van der Waals surface area contributed by atoms with Crippen molar-refractivity contribution in [1.82, 2.24) is 5.16 Å². The van der Waals surface area contributed by atoms with E-state index in [0.717, 1.165) is 11.8 Å². The van der Waals surface area contributed by atoms with Crippen molar-refractivity contribution in [2.45, 2.75) is 6.42 Å². The van der Waals surface area contributed by atoms with Crippen LogP contribution >= 0.6 is 0 Å². The summed E-state index contributed by atoms with van der Waals surface area (Å²) in [6, 6.07) is 0. The van der Waals surface area contributed by atoms with Gasteiger partial charge in [0.15, 0.2) is 0 Å². The third-order valence-electron chi connectivity index (χ3n) is 0.803. The third-order valence-corrected chi connectivity index (χ3v) is 0.803. The average molecular weight is 111 g/mol. The van der Waals surface area contributed by atoms with Crippen LogP contribution in [-0.4, -0.2) is 11.4 Å². The highest BCUT2D eigenvalue weighted by atomic mass is 16.5. The lowest BCUT2D eigenvalue weighted by Crippen LogP contribution is -1.78. The van der Waals surface area contributed by atoms with Gasteiger partial charge in [0.25, 0.3) is 0 Å². The van der Waals surface area contributed by atoms with Crippen LogP contribution in [0.2, 0.25) is 0 Å². The molecule has 0 saturated carbocycles. The van der Waals surface area contributed by atoms with Gasteiger partial charge in [-0.3, -0.25) is 0 Å². The zero-order valence-corrected chi connectivity index (χ0v) is 4.20. The van der Waals surface area contributed by atoms with E-state index in [4.69, 9.17) is 0 Å². The Hall–Kier alpha value is -1.12. The number of carbonyl (C=O) groups excluding carboxylic acids is 1. The number of aromatic nitrogens is 1. The van der Waals surface area contributed by atoms with Crippen molar-refractivity contribution in [3.05, 3.63) is 18.0 Å². The van der Waals surface area contributed by atoms with Gasteiger partial charge in [-0.2, -0.15) is 0 Å². The molecule has 3 heteroatoms. The van der Waals surface area contributed by atoms with Gasteiger partial charge >= 0.3 is 0 Å². The largest absolute Gasteiger partial charge is 0.364 e. The molecule has 0 bridgehead atoms. The van der Waals surface area contributed by atoms with Crippen LogP contribution in [0.15, 0.2) is 17.0 Å². The fourth-order valence-electron chi connectivity index (χ4n) is 0.424. The average Bonchev–Trinajstić information content (AvgIpc) is 2.19. The molecule has 8 heavy (non-hydrogen) atoms. The summed E-state index contributed by atoms with van der Waals surface area (Å²) in [6.07, 6.45) is 4.18. The highest BCUT2D eigenvalue weighted by Gasteiger charge is 1.89. The number of aldehydes is 1. The van der Waals surface area contributed by atoms with Crippen molar-refractivity contribution >= 4 is 6.29 Å². The van der Waals surface area contributed by atoms with Crippen molar-refractivity contribution in [3.63, 3.8) is 0 Å². The van der Waals surface area contributed by atoms with Crippen LogP contribution in [0.5, 0.6) is 0 Å². The van der Waals surface area contributed by atoms with Gasteiger partial charge in [-0.1, -0.05) is 5.16 Å². The Bertz CT molecular complexity index is 157. The minimum atomic E-state index is 0.392. The van der Waals surface area contributed by atoms with Gasteiger partial charge in [0.1, 0.15) is 12.5 Å². The lowest BCUT2D eigenvalue weighted by atomic mass is 10.3. The number of nitrogens with zero attached hydrogens (tertiary/aromatic N) is 1. The molecule has 3 nitrogen and oxygen atoms in total. The van der Waals surface area contributed by atoms with E-state index in [9.17, 15) is 4.79 Å². The van der Waals surface area contributed by atoms with Gasteiger partial charge in [-0.25, -0.2) is 0 Å². The normalized spacial score (nSPS) is 9.00. The van der Waals surface area contributed by atoms with Crippen LogP contribution in [0.25, 0.3) is 0 Å². The maximum atomic E-state index is 9.80. The molecule has 0 unspecified atom stereocenters. The van der Waals surface area contributed by atoms with Crippen LogP contribution in [0.3, 0.4) is 0 Å². The summed E-state index contributed by atoms with van der Waals surface area (Å²) in [6.45, 7) is 0. The molecule has 42 valence electrons. The van der Waals surface area contributed by atoms with E-state index < -0.39 is 0 Å². The van der Waals surface area contributed by atoms with Gasteiger partial charge in [-0.05, 0) is 0 Å². The van der Waals surface area contributed by atoms with Crippen molar-refractivity contribution in [2.24, 2.45) is 0 Å². The second-order valence-corrected chi connectivity index (χ2v) is 1.40. The van der Waals surface area contributed by atoms with Crippen LogP contribution < -0.4 is 0 Å². The molecule has 0 aliphatic heterocycles. The van der Waals surface area contributed by atoms with Gasteiger partial charge < -0.3 is 9.32 Å². The van der Waals surface area contributed by atoms with Crippen LogP contribution in [-0.2, 0) is 11.2 Å². The Morgan fingerprint density at radius 3 is 3.25 bits per heavy atom. The zero-order chi connectivity index (χ0) is 5.82. The van der Waals surface area contributed by atoms with E-state index in [0.29, 0.717) is 6.42 Å². The Kier molecular flexibility index (Phi) is 1.42. The summed E-state index contributed by atoms with van der Waals surface area (Å²) >= 11 is 0. The maximum Gasteiger partial charge on any atom is 0.127 e. The third kappa shape index (κ3) is 0.932. The van der Waals surface area contributed by atoms with Crippen LogP contribution in [0.1, 0.15) is 5.56 Å². The molecule has 1 aromatic rings. The molecular weight excluding hydrogens is 106 g/mol. The molecule has 0 aliphatic carbocycles. The molecule has 0 aromatic carbocycles. The Morgan fingerprint density at radius 1 is 1.88 bits per heavy atom. The summed E-state index contributed by atoms with van der Waals surface area (Å²) in [5, 5.41) is 3.41. The molecular formula is C5H5NO2. The van der Waals surface area contributed by atoms with Crippen molar-refractivity contribution < 1.29 is 9.32 Å². The Labute approximate surface area is 46.3 Å². The minimum Gasteiger partial charge on any atom is -0.364 e. The van der Waals surface area contributed by atoms with Gasteiger partial charge in [0.05, 0.1) is 6.20 Å². The van der Waals surface area contributed by atoms with Gasteiger partial charge in [0, 0.05) is 12.0 Å². The lowest BCUT2D eigenvalue weighted by Gasteiger charge is -1.74. The summed E-state index contributed by atoms with van der Waals surface area (Å²) in [4.78, 5) is 9.80. The predicted molar refractivity (Wildman–Crippen MR) is 26.3 cm³/mol. The quantitative estimate of drug-likeness (QED) is 0.519. The number of carbonyl (C=O) groups is 1. The van der Waals surface area contributed by atoms with Crippen molar-refractivity contribution in [3.8, 4) is 0 Å². The molecule has 1 heterocycles. The van der Waals surface area contributed by atoms with Crippen LogP contribution in [0, 0.1) is 0 Å². The molecule has 0 aliphatic rings. The highest BCUT2D eigenvalue weighted by Crippen LogP contribution is 1.93. The first kappa shape index (κ1) is 5.03.